The van der Waals surface area contributed by atoms with E-state index in [-0.39, 0.29) is 35.7 Å². The van der Waals surface area contributed by atoms with E-state index in [9.17, 15) is 28.0 Å². The van der Waals surface area contributed by atoms with Crippen molar-refractivity contribution >= 4 is 40.8 Å². The van der Waals surface area contributed by atoms with Crippen LogP contribution in [0.5, 0.6) is 0 Å². The van der Waals surface area contributed by atoms with Crippen LogP contribution < -0.4 is 10.6 Å². The van der Waals surface area contributed by atoms with E-state index < -0.39 is 34.6 Å². The number of thioether (sulfide) groups is 1. The molecule has 2 aromatic carbocycles. The van der Waals surface area contributed by atoms with Crippen molar-refractivity contribution in [3.63, 3.8) is 0 Å². The van der Waals surface area contributed by atoms with Gasteiger partial charge in [0.25, 0.3) is 17.1 Å². The standard InChI is InChI=1S/C21H17F2N3O4S/c22-15-7-5-13(6-8-15)19(28)25-12-18(27)24-9-10-26-20(29)17(31-21(26)30)11-14-3-1-2-4-16(14)23/h1-8,11H,9-10,12H2,(H,24,27)(H,25,28). The fourth-order valence-corrected chi connectivity index (χ4v) is 3.52. The van der Waals surface area contributed by atoms with Gasteiger partial charge in [-0.3, -0.25) is 24.1 Å². The van der Waals surface area contributed by atoms with Gasteiger partial charge in [-0.25, -0.2) is 8.78 Å². The highest BCUT2D eigenvalue weighted by Crippen LogP contribution is 2.32. The lowest BCUT2D eigenvalue weighted by molar-refractivity contribution is -0.124. The Morgan fingerprint density at radius 3 is 2.42 bits per heavy atom. The molecule has 10 heteroatoms. The molecule has 2 N–H and O–H groups in total. The van der Waals surface area contributed by atoms with Gasteiger partial charge in [-0.15, -0.1) is 0 Å². The topological polar surface area (TPSA) is 95.6 Å². The number of hydrogen-bond donors (Lipinski definition) is 2. The Kier molecular flexibility index (Phi) is 7.14. The molecule has 0 bridgehead atoms. The van der Waals surface area contributed by atoms with E-state index in [1.54, 1.807) is 6.07 Å². The third-order valence-electron chi connectivity index (χ3n) is 4.24. The first-order valence-electron chi connectivity index (χ1n) is 9.15. The molecule has 0 atom stereocenters. The number of carbonyl (C=O) groups is 4. The molecule has 0 saturated carbocycles. The summed E-state index contributed by atoms with van der Waals surface area (Å²) in [5, 5.41) is 4.35. The lowest BCUT2D eigenvalue weighted by Gasteiger charge is -2.13. The number of amides is 4. The Morgan fingerprint density at radius 1 is 1.00 bits per heavy atom. The number of imide groups is 1. The van der Waals surface area contributed by atoms with Crippen molar-refractivity contribution in [2.24, 2.45) is 0 Å². The summed E-state index contributed by atoms with van der Waals surface area (Å²) in [6.07, 6.45) is 1.31. The van der Waals surface area contributed by atoms with Gasteiger partial charge < -0.3 is 10.6 Å². The summed E-state index contributed by atoms with van der Waals surface area (Å²) in [6.45, 7) is -0.418. The van der Waals surface area contributed by atoms with E-state index in [0.717, 1.165) is 17.0 Å². The Balaban J connectivity index is 1.46. The molecule has 1 aliphatic rings. The number of halogens is 2. The molecule has 1 fully saturated rings. The Bertz CT molecular complexity index is 1060. The zero-order chi connectivity index (χ0) is 22.4. The van der Waals surface area contributed by atoms with Crippen LogP contribution in [0.4, 0.5) is 13.6 Å². The predicted octanol–water partition coefficient (Wildman–Crippen LogP) is 2.55. The van der Waals surface area contributed by atoms with Crippen molar-refractivity contribution < 1.29 is 28.0 Å². The van der Waals surface area contributed by atoms with Gasteiger partial charge in [0.2, 0.25) is 5.91 Å². The Hall–Kier alpha value is -3.53. The molecule has 7 nitrogen and oxygen atoms in total. The minimum absolute atomic E-state index is 0.0176. The summed E-state index contributed by atoms with van der Waals surface area (Å²) in [5.41, 5.74) is 0.395. The number of carbonyl (C=O) groups excluding carboxylic acids is 4. The minimum Gasteiger partial charge on any atom is -0.353 e. The Morgan fingerprint density at radius 2 is 1.71 bits per heavy atom. The van der Waals surface area contributed by atoms with Gasteiger partial charge in [0.05, 0.1) is 11.4 Å². The molecule has 0 aliphatic carbocycles. The van der Waals surface area contributed by atoms with Crippen molar-refractivity contribution in [1.82, 2.24) is 15.5 Å². The maximum Gasteiger partial charge on any atom is 0.293 e. The van der Waals surface area contributed by atoms with Crippen LogP contribution in [0.3, 0.4) is 0 Å². The smallest absolute Gasteiger partial charge is 0.293 e. The average molecular weight is 445 g/mol. The first-order chi connectivity index (χ1) is 14.8. The lowest BCUT2D eigenvalue weighted by Crippen LogP contribution is -2.41. The predicted molar refractivity (Wildman–Crippen MR) is 111 cm³/mol. The van der Waals surface area contributed by atoms with Crippen LogP contribution in [0, 0.1) is 11.6 Å². The molecule has 1 heterocycles. The van der Waals surface area contributed by atoms with Gasteiger partial charge >= 0.3 is 0 Å². The van der Waals surface area contributed by atoms with Gasteiger partial charge in [-0.2, -0.15) is 0 Å². The summed E-state index contributed by atoms with van der Waals surface area (Å²) in [5.74, 6) is -2.63. The average Bonchev–Trinajstić information content (AvgIpc) is 3.01. The normalized spacial score (nSPS) is 14.8. The van der Waals surface area contributed by atoms with Crippen LogP contribution in [-0.4, -0.2) is 47.5 Å². The fraction of sp³-hybridized carbons (Fsp3) is 0.143. The van der Waals surface area contributed by atoms with Crippen molar-refractivity contribution in [1.29, 1.82) is 0 Å². The monoisotopic (exact) mass is 445 g/mol. The molecule has 160 valence electrons. The second kappa shape index (κ2) is 9.98. The summed E-state index contributed by atoms with van der Waals surface area (Å²) in [6, 6.07) is 10.7. The largest absolute Gasteiger partial charge is 0.353 e. The van der Waals surface area contributed by atoms with Crippen LogP contribution in [0.2, 0.25) is 0 Å². The third kappa shape index (κ3) is 5.76. The summed E-state index contributed by atoms with van der Waals surface area (Å²) in [4.78, 5) is 49.3. The molecular formula is C21H17F2N3O4S. The molecule has 2 aromatic rings. The van der Waals surface area contributed by atoms with Crippen molar-refractivity contribution in [2.75, 3.05) is 19.6 Å². The van der Waals surface area contributed by atoms with Gasteiger partial charge in [0.1, 0.15) is 11.6 Å². The van der Waals surface area contributed by atoms with Crippen LogP contribution in [0.25, 0.3) is 6.08 Å². The highest BCUT2D eigenvalue weighted by Gasteiger charge is 2.34. The molecule has 1 aliphatic heterocycles. The van der Waals surface area contributed by atoms with Crippen LogP contribution in [0.1, 0.15) is 15.9 Å². The van der Waals surface area contributed by atoms with Crippen LogP contribution in [0.15, 0.2) is 53.4 Å². The van der Waals surface area contributed by atoms with Gasteiger partial charge in [0, 0.05) is 24.2 Å². The first-order valence-corrected chi connectivity index (χ1v) is 9.97. The number of rotatable bonds is 7. The van der Waals surface area contributed by atoms with Gasteiger partial charge in [0.15, 0.2) is 0 Å². The fourth-order valence-electron chi connectivity index (χ4n) is 2.66. The van der Waals surface area contributed by atoms with E-state index in [0.29, 0.717) is 11.8 Å². The van der Waals surface area contributed by atoms with Gasteiger partial charge in [-0.1, -0.05) is 18.2 Å². The van der Waals surface area contributed by atoms with Crippen LogP contribution in [-0.2, 0) is 9.59 Å². The number of nitrogens with one attached hydrogen (secondary N) is 2. The molecule has 0 radical (unpaired) electrons. The molecule has 0 unspecified atom stereocenters. The van der Waals surface area contributed by atoms with E-state index >= 15 is 0 Å². The second-order valence-corrected chi connectivity index (χ2v) is 7.39. The maximum absolute atomic E-state index is 13.8. The molecular weight excluding hydrogens is 428 g/mol. The van der Waals surface area contributed by atoms with Crippen LogP contribution >= 0.6 is 11.8 Å². The second-order valence-electron chi connectivity index (χ2n) is 6.39. The molecule has 1 saturated heterocycles. The van der Waals surface area contributed by atoms with E-state index in [1.807, 2.05) is 0 Å². The number of nitrogens with zero attached hydrogens (tertiary/aromatic N) is 1. The van der Waals surface area contributed by atoms with Crippen molar-refractivity contribution in [3.05, 3.63) is 76.2 Å². The van der Waals surface area contributed by atoms with Crippen molar-refractivity contribution in [2.45, 2.75) is 0 Å². The maximum atomic E-state index is 13.8. The summed E-state index contributed by atoms with van der Waals surface area (Å²) < 4.78 is 26.6. The van der Waals surface area contributed by atoms with E-state index in [4.69, 9.17) is 0 Å². The minimum atomic E-state index is -0.572. The van der Waals surface area contributed by atoms with Gasteiger partial charge in [-0.05, 0) is 48.2 Å². The highest BCUT2D eigenvalue weighted by atomic mass is 32.2. The summed E-state index contributed by atoms with van der Waals surface area (Å²) in [7, 11) is 0. The zero-order valence-corrected chi connectivity index (χ0v) is 16.9. The first kappa shape index (κ1) is 22.2. The van der Waals surface area contributed by atoms with E-state index in [1.165, 1.54) is 36.4 Å². The highest BCUT2D eigenvalue weighted by molar-refractivity contribution is 8.18. The SMILES string of the molecule is O=C(CNC(=O)c1ccc(F)cc1)NCCN1C(=O)SC(=Cc2ccccc2F)C1=O. The molecule has 3 rings (SSSR count). The number of benzene rings is 2. The Labute approximate surface area is 180 Å². The summed E-state index contributed by atoms with van der Waals surface area (Å²) >= 11 is 0.692. The zero-order valence-electron chi connectivity index (χ0n) is 16.1. The molecule has 0 aromatic heterocycles. The van der Waals surface area contributed by atoms with E-state index in [2.05, 4.69) is 10.6 Å². The molecule has 0 spiro atoms. The third-order valence-corrected chi connectivity index (χ3v) is 5.15. The lowest BCUT2D eigenvalue weighted by atomic mass is 10.2. The quantitative estimate of drug-likeness (QED) is 0.639. The number of hydrogen-bond acceptors (Lipinski definition) is 5. The molecule has 31 heavy (non-hydrogen) atoms. The molecule has 4 amide bonds. The van der Waals surface area contributed by atoms with Crippen molar-refractivity contribution in [3.8, 4) is 0 Å².